The van der Waals surface area contributed by atoms with Crippen LogP contribution in [0.1, 0.15) is 0 Å². The summed E-state index contributed by atoms with van der Waals surface area (Å²) in [6.07, 6.45) is 1.46. The fourth-order valence-corrected chi connectivity index (χ4v) is 2.25. The van der Waals surface area contributed by atoms with Crippen LogP contribution in [0.15, 0.2) is 45.6 Å². The van der Waals surface area contributed by atoms with Gasteiger partial charge in [0.25, 0.3) is 16.2 Å². The second-order valence-corrected chi connectivity index (χ2v) is 6.89. The van der Waals surface area contributed by atoms with Gasteiger partial charge >= 0.3 is 0 Å². The molecule has 0 aliphatic carbocycles. The Kier molecular flexibility index (Phi) is 3.51. The van der Waals surface area contributed by atoms with Gasteiger partial charge in [0.2, 0.25) is 11.6 Å². The number of rotatable bonds is 4. The molecule has 0 bridgehead atoms. The van der Waals surface area contributed by atoms with E-state index in [1.807, 2.05) is 0 Å². The highest BCUT2D eigenvalue weighted by Gasteiger charge is 2.27. The molecule has 0 N–H and O–H groups in total. The second kappa shape index (κ2) is 5.26. The van der Waals surface area contributed by atoms with Gasteiger partial charge in [0.05, 0.1) is 20.3 Å². The molecule has 120 valence electrons. The topological polar surface area (TPSA) is 122 Å². The van der Waals surface area contributed by atoms with E-state index >= 15 is 0 Å². The van der Waals surface area contributed by atoms with Gasteiger partial charge in [0, 0.05) is 23.8 Å². The summed E-state index contributed by atoms with van der Waals surface area (Å²) in [5.41, 5.74) is 0.925. The summed E-state index contributed by atoms with van der Waals surface area (Å²) >= 11 is 0. The van der Waals surface area contributed by atoms with Gasteiger partial charge < -0.3 is 13.6 Å². The quantitative estimate of drug-likeness (QED) is 0.518. The van der Waals surface area contributed by atoms with Crippen LogP contribution < -0.4 is 3.89 Å². The van der Waals surface area contributed by atoms with E-state index in [9.17, 15) is 13.0 Å². The number of aromatic nitrogens is 3. The van der Waals surface area contributed by atoms with Gasteiger partial charge in [-0.2, -0.15) is 13.4 Å². The summed E-state index contributed by atoms with van der Waals surface area (Å²) in [6, 6.07) is 7.84. The number of nitrogens with zero attached hydrogens (tertiary/aromatic N) is 4. The molecule has 2 heterocycles. The van der Waals surface area contributed by atoms with Crippen LogP contribution in [-0.4, -0.2) is 42.4 Å². The van der Waals surface area contributed by atoms with E-state index < -0.39 is 14.2 Å². The molecule has 0 saturated carbocycles. The monoisotopic (exact) mass is 336 g/mol. The minimum Gasteiger partial charge on any atom is -0.701 e. The van der Waals surface area contributed by atoms with E-state index in [2.05, 4.69) is 15.3 Å². The van der Waals surface area contributed by atoms with Gasteiger partial charge in [-0.15, -0.1) is 0 Å². The molecule has 1 aromatic carbocycles. The van der Waals surface area contributed by atoms with E-state index in [1.165, 1.54) is 32.4 Å². The molecule has 0 saturated heterocycles. The van der Waals surface area contributed by atoms with E-state index in [0.29, 0.717) is 22.8 Å². The van der Waals surface area contributed by atoms with Crippen molar-refractivity contribution in [2.24, 2.45) is 0 Å². The Bertz CT molecular complexity index is 914. The highest BCUT2D eigenvalue weighted by molar-refractivity contribution is 7.85. The minimum atomic E-state index is -4.54. The fraction of sp³-hybridized carbons (Fsp3) is 0.154. The Morgan fingerprint density at radius 3 is 2.35 bits per heavy atom. The first-order valence-corrected chi connectivity index (χ1v) is 7.81. The Morgan fingerprint density at radius 1 is 1.09 bits per heavy atom. The van der Waals surface area contributed by atoms with Crippen molar-refractivity contribution in [2.75, 3.05) is 14.1 Å². The summed E-state index contributed by atoms with van der Waals surface area (Å²) < 4.78 is 43.1. The molecule has 10 heteroatoms. The molecular weight excluding hydrogens is 324 g/mol. The first-order valence-electron chi connectivity index (χ1n) is 6.45. The Morgan fingerprint density at radius 2 is 1.78 bits per heavy atom. The van der Waals surface area contributed by atoms with Gasteiger partial charge in [0.1, 0.15) is 5.69 Å². The smallest absolute Gasteiger partial charge is 0.296 e. The molecule has 3 aromatic rings. The van der Waals surface area contributed by atoms with Crippen LogP contribution in [0.3, 0.4) is 0 Å². The zero-order valence-corrected chi connectivity index (χ0v) is 13.0. The largest absolute Gasteiger partial charge is 0.701 e. The Hall–Kier alpha value is -2.56. The maximum Gasteiger partial charge on any atom is 0.296 e. The van der Waals surface area contributed by atoms with Crippen molar-refractivity contribution in [2.45, 2.75) is 0 Å². The van der Waals surface area contributed by atoms with Crippen LogP contribution in [0.2, 0.25) is 0 Å². The van der Waals surface area contributed by atoms with Gasteiger partial charge in [-0.25, -0.2) is 3.89 Å². The third kappa shape index (κ3) is 2.74. The molecule has 0 atom stereocenters. The second-order valence-electron chi connectivity index (χ2n) is 5.13. The number of hydrogen-bond donors (Lipinski definition) is 0. The van der Waals surface area contributed by atoms with Gasteiger partial charge in [0.15, 0.2) is 0 Å². The molecule has 0 aliphatic rings. The van der Waals surface area contributed by atoms with Crippen molar-refractivity contribution in [3.8, 4) is 23.0 Å². The summed E-state index contributed by atoms with van der Waals surface area (Å²) in [7, 11) is -1.94. The SMILES string of the molecule is C[N+](C)(c1ccc(-c2noc(-c3ccno3)n2)cc1)S(=O)(=O)[O-]. The van der Waals surface area contributed by atoms with Crippen molar-refractivity contribution in [1.29, 1.82) is 0 Å². The zero-order chi connectivity index (χ0) is 16.7. The Labute approximate surface area is 131 Å². The highest BCUT2D eigenvalue weighted by Crippen LogP contribution is 2.27. The molecule has 0 fully saturated rings. The first kappa shape index (κ1) is 15.3. The lowest BCUT2D eigenvalue weighted by Crippen LogP contribution is -2.46. The molecule has 3 rings (SSSR count). The minimum absolute atomic E-state index is 0.180. The van der Waals surface area contributed by atoms with E-state index in [1.54, 1.807) is 18.2 Å². The Balaban J connectivity index is 1.92. The summed E-state index contributed by atoms with van der Waals surface area (Å²) in [4.78, 5) is 4.17. The maximum absolute atomic E-state index is 11.3. The van der Waals surface area contributed by atoms with Crippen LogP contribution in [-0.2, 0) is 10.3 Å². The first-order chi connectivity index (χ1) is 10.8. The summed E-state index contributed by atoms with van der Waals surface area (Å²) in [5.74, 6) is 0.827. The van der Waals surface area contributed by atoms with Crippen molar-refractivity contribution in [1.82, 2.24) is 19.2 Å². The molecule has 0 spiro atoms. The molecule has 0 amide bonds. The third-order valence-electron chi connectivity index (χ3n) is 3.38. The third-order valence-corrected chi connectivity index (χ3v) is 4.71. The zero-order valence-electron chi connectivity index (χ0n) is 12.2. The number of hydrogen-bond acceptors (Lipinski definition) is 8. The molecule has 9 nitrogen and oxygen atoms in total. The fourth-order valence-electron chi connectivity index (χ4n) is 1.87. The molecule has 2 aromatic heterocycles. The molecule has 23 heavy (non-hydrogen) atoms. The molecular formula is C13H12N4O5S. The average Bonchev–Trinajstić information content (AvgIpc) is 3.17. The molecule has 0 radical (unpaired) electrons. The number of quaternary nitrogens is 1. The summed E-state index contributed by atoms with van der Waals surface area (Å²) in [5, 5.41) is 7.37. The van der Waals surface area contributed by atoms with Gasteiger partial charge in [-0.05, 0) is 12.1 Å². The lowest BCUT2D eigenvalue weighted by atomic mass is 10.2. The lowest BCUT2D eigenvalue weighted by molar-refractivity contribution is 0.385. The normalized spacial score (nSPS) is 12.5. The van der Waals surface area contributed by atoms with Crippen LogP contribution in [0.25, 0.3) is 23.0 Å². The van der Waals surface area contributed by atoms with Crippen LogP contribution in [0.5, 0.6) is 0 Å². The average molecular weight is 336 g/mol. The molecule has 0 unspecified atom stereocenters. The van der Waals surface area contributed by atoms with Crippen molar-refractivity contribution < 1.29 is 22.0 Å². The molecule has 0 aliphatic heterocycles. The van der Waals surface area contributed by atoms with E-state index in [0.717, 1.165) is 0 Å². The van der Waals surface area contributed by atoms with E-state index in [4.69, 9.17) is 9.05 Å². The van der Waals surface area contributed by atoms with Crippen LogP contribution in [0, 0.1) is 0 Å². The highest BCUT2D eigenvalue weighted by atomic mass is 32.2. The van der Waals surface area contributed by atoms with Gasteiger partial charge in [-0.1, -0.05) is 10.3 Å². The van der Waals surface area contributed by atoms with Crippen molar-refractivity contribution in [3.05, 3.63) is 36.5 Å². The van der Waals surface area contributed by atoms with Crippen LogP contribution in [0.4, 0.5) is 5.69 Å². The predicted octanol–water partition coefficient (Wildman–Crippen LogP) is 1.42. The number of benzene rings is 1. The van der Waals surface area contributed by atoms with Crippen LogP contribution >= 0.6 is 0 Å². The van der Waals surface area contributed by atoms with Crippen molar-refractivity contribution >= 4 is 16.0 Å². The van der Waals surface area contributed by atoms with Crippen molar-refractivity contribution in [3.63, 3.8) is 0 Å². The predicted molar refractivity (Wildman–Crippen MR) is 78.6 cm³/mol. The maximum atomic E-state index is 11.3. The lowest BCUT2D eigenvalue weighted by Gasteiger charge is -2.30. The standard InChI is InChI=1S/C13H12N4O5S/c1-17(2,23(18,19)20)10-5-3-9(4-6-10)12-15-13(22-16-12)11-7-8-14-21-11/h3-8H,1-2H3. The summed E-state index contributed by atoms with van der Waals surface area (Å²) in [6.45, 7) is 0. The van der Waals surface area contributed by atoms with E-state index in [-0.39, 0.29) is 5.89 Å². The van der Waals surface area contributed by atoms with Gasteiger partial charge in [-0.3, -0.25) is 0 Å².